The molecule has 1 rings (SSSR count). The van der Waals surface area contributed by atoms with Gasteiger partial charge in [-0.3, -0.25) is 0 Å². The monoisotopic (exact) mass is 303 g/mol. The van der Waals surface area contributed by atoms with Crippen LogP contribution in [0.5, 0.6) is 0 Å². The van der Waals surface area contributed by atoms with Gasteiger partial charge in [0.2, 0.25) is 0 Å². The summed E-state index contributed by atoms with van der Waals surface area (Å²) in [7, 11) is 0. The molecule has 0 bridgehead atoms. The van der Waals surface area contributed by atoms with E-state index in [-0.39, 0.29) is 19.0 Å². The van der Waals surface area contributed by atoms with Crippen molar-refractivity contribution >= 4 is 28.3 Å². The first-order valence-electron chi connectivity index (χ1n) is 3.99. The summed E-state index contributed by atoms with van der Waals surface area (Å²) in [6.07, 6.45) is -4.15. The third kappa shape index (κ3) is 6.76. The quantitative estimate of drug-likeness (QED) is 0.901. The van der Waals surface area contributed by atoms with Gasteiger partial charge in [0.05, 0.1) is 6.54 Å². The van der Waals surface area contributed by atoms with Gasteiger partial charge in [-0.1, -0.05) is 28.1 Å². The van der Waals surface area contributed by atoms with Gasteiger partial charge in [0, 0.05) is 11.0 Å². The second-order valence-corrected chi connectivity index (χ2v) is 3.76. The van der Waals surface area contributed by atoms with Crippen molar-refractivity contribution in [3.8, 4) is 0 Å². The lowest BCUT2D eigenvalue weighted by Gasteiger charge is -2.08. The minimum absolute atomic E-state index is 0. The summed E-state index contributed by atoms with van der Waals surface area (Å²) in [6.45, 7) is -0.738. The zero-order valence-corrected chi connectivity index (χ0v) is 10.0. The fourth-order valence-corrected chi connectivity index (χ4v) is 1.44. The molecule has 1 nitrogen and oxygen atoms in total. The molecule has 0 amide bonds. The van der Waals surface area contributed by atoms with E-state index >= 15 is 0 Å². The third-order valence-electron chi connectivity index (χ3n) is 1.54. The molecular weight excluding hydrogens is 294 g/mol. The van der Waals surface area contributed by atoms with Crippen molar-refractivity contribution < 1.29 is 13.2 Å². The van der Waals surface area contributed by atoms with Crippen LogP contribution in [-0.2, 0) is 6.54 Å². The highest BCUT2D eigenvalue weighted by atomic mass is 79.9. The summed E-state index contributed by atoms with van der Waals surface area (Å²) in [4.78, 5) is 0. The lowest BCUT2D eigenvalue weighted by atomic mass is 10.2. The van der Waals surface area contributed by atoms with Crippen molar-refractivity contribution in [1.82, 2.24) is 5.32 Å². The van der Waals surface area contributed by atoms with Gasteiger partial charge < -0.3 is 5.32 Å². The van der Waals surface area contributed by atoms with E-state index in [1.807, 2.05) is 6.07 Å². The van der Waals surface area contributed by atoms with E-state index in [0.717, 1.165) is 10.0 Å². The molecule has 0 radical (unpaired) electrons. The zero-order chi connectivity index (χ0) is 10.6. The van der Waals surface area contributed by atoms with Crippen LogP contribution in [0.2, 0.25) is 0 Å². The summed E-state index contributed by atoms with van der Waals surface area (Å²) >= 11 is 3.24. The van der Waals surface area contributed by atoms with E-state index in [0.29, 0.717) is 0 Å². The van der Waals surface area contributed by atoms with Gasteiger partial charge in [0.15, 0.2) is 0 Å². The number of nitrogens with one attached hydrogen (secondary N) is 1. The summed E-state index contributed by atoms with van der Waals surface area (Å²) in [5, 5.41) is 2.32. The molecule has 0 fully saturated rings. The van der Waals surface area contributed by atoms with Crippen molar-refractivity contribution in [2.45, 2.75) is 12.7 Å². The first kappa shape index (κ1) is 14.7. The Morgan fingerprint density at radius 1 is 1.27 bits per heavy atom. The molecule has 0 saturated carbocycles. The van der Waals surface area contributed by atoms with Crippen LogP contribution in [-0.4, -0.2) is 12.7 Å². The van der Waals surface area contributed by atoms with Gasteiger partial charge in [-0.2, -0.15) is 13.2 Å². The maximum Gasteiger partial charge on any atom is 0.401 e. The lowest BCUT2D eigenvalue weighted by molar-refractivity contribution is -0.125. The van der Waals surface area contributed by atoms with Gasteiger partial charge >= 0.3 is 6.18 Å². The molecule has 0 aliphatic rings. The standard InChI is InChI=1S/C9H9BrF3N.ClH/c10-8-3-1-2-7(4-8)5-14-6-9(11,12)13;/h1-4,14H,5-6H2;1H. The van der Waals surface area contributed by atoms with Crippen LogP contribution in [0.1, 0.15) is 5.56 Å². The largest absolute Gasteiger partial charge is 0.401 e. The highest BCUT2D eigenvalue weighted by molar-refractivity contribution is 9.10. The van der Waals surface area contributed by atoms with E-state index in [2.05, 4.69) is 21.2 Å². The van der Waals surface area contributed by atoms with Crippen LogP contribution in [0.3, 0.4) is 0 Å². The number of hydrogen-bond donors (Lipinski definition) is 1. The molecule has 0 heterocycles. The maximum atomic E-state index is 11.8. The zero-order valence-electron chi connectivity index (χ0n) is 7.64. The Balaban J connectivity index is 0.00000196. The predicted molar refractivity (Wildman–Crippen MR) is 59.2 cm³/mol. The molecule has 86 valence electrons. The molecule has 15 heavy (non-hydrogen) atoms. The first-order valence-corrected chi connectivity index (χ1v) is 4.78. The number of hydrogen-bond acceptors (Lipinski definition) is 1. The Morgan fingerprint density at radius 2 is 1.93 bits per heavy atom. The van der Waals surface area contributed by atoms with Gasteiger partial charge in [-0.15, -0.1) is 12.4 Å². The minimum Gasteiger partial charge on any atom is -0.305 e. The Bertz CT molecular complexity index is 304. The van der Waals surface area contributed by atoms with Crippen molar-refractivity contribution in [2.75, 3.05) is 6.54 Å². The fraction of sp³-hybridized carbons (Fsp3) is 0.333. The summed E-state index contributed by atoms with van der Waals surface area (Å²) in [5.41, 5.74) is 0.823. The molecule has 0 saturated heterocycles. The van der Waals surface area contributed by atoms with Crippen molar-refractivity contribution in [3.05, 3.63) is 34.3 Å². The van der Waals surface area contributed by atoms with Crippen LogP contribution in [0.15, 0.2) is 28.7 Å². The Morgan fingerprint density at radius 3 is 2.47 bits per heavy atom. The first-order chi connectivity index (χ1) is 6.47. The van der Waals surface area contributed by atoms with E-state index < -0.39 is 12.7 Å². The summed E-state index contributed by atoms with van der Waals surface area (Å²) in [5.74, 6) is 0. The number of halogens is 5. The van der Waals surface area contributed by atoms with Crippen LogP contribution in [0, 0.1) is 0 Å². The van der Waals surface area contributed by atoms with Gasteiger partial charge in [0.25, 0.3) is 0 Å². The predicted octanol–water partition coefficient (Wildman–Crippen LogP) is 3.52. The molecule has 0 aliphatic heterocycles. The molecule has 0 spiro atoms. The minimum atomic E-state index is -4.15. The smallest absolute Gasteiger partial charge is 0.305 e. The molecule has 1 N–H and O–H groups in total. The third-order valence-corrected chi connectivity index (χ3v) is 2.04. The highest BCUT2D eigenvalue weighted by Gasteiger charge is 2.25. The maximum absolute atomic E-state index is 11.8. The van der Waals surface area contributed by atoms with Crippen LogP contribution < -0.4 is 5.32 Å². The normalized spacial score (nSPS) is 10.9. The van der Waals surface area contributed by atoms with Gasteiger partial charge in [-0.25, -0.2) is 0 Å². The molecule has 0 aliphatic carbocycles. The van der Waals surface area contributed by atoms with E-state index in [9.17, 15) is 13.2 Å². The van der Waals surface area contributed by atoms with Crippen molar-refractivity contribution in [3.63, 3.8) is 0 Å². The number of benzene rings is 1. The molecular formula is C9H10BrClF3N. The molecule has 0 aromatic heterocycles. The number of rotatable bonds is 3. The van der Waals surface area contributed by atoms with Gasteiger partial charge in [0.1, 0.15) is 0 Å². The topological polar surface area (TPSA) is 12.0 Å². The van der Waals surface area contributed by atoms with Crippen molar-refractivity contribution in [1.29, 1.82) is 0 Å². The average Bonchev–Trinajstić information content (AvgIpc) is 2.01. The highest BCUT2D eigenvalue weighted by Crippen LogP contribution is 2.14. The molecule has 1 aromatic carbocycles. The summed E-state index contributed by atoms with van der Waals surface area (Å²) < 4.78 is 36.2. The lowest BCUT2D eigenvalue weighted by Crippen LogP contribution is -2.28. The van der Waals surface area contributed by atoms with E-state index in [1.165, 1.54) is 0 Å². The molecule has 1 aromatic rings. The van der Waals surface area contributed by atoms with Crippen LogP contribution >= 0.6 is 28.3 Å². The molecule has 0 atom stereocenters. The van der Waals surface area contributed by atoms with Crippen LogP contribution in [0.25, 0.3) is 0 Å². The second kappa shape index (κ2) is 6.35. The summed E-state index contributed by atoms with van der Waals surface area (Å²) in [6, 6.07) is 7.17. The van der Waals surface area contributed by atoms with E-state index in [1.54, 1.807) is 18.2 Å². The Hall–Kier alpha value is -0.260. The SMILES string of the molecule is Cl.FC(F)(F)CNCc1cccc(Br)c1. The molecule has 6 heteroatoms. The second-order valence-electron chi connectivity index (χ2n) is 2.85. The Kier molecular flexibility index (Phi) is 6.24. The Labute approximate surface area is 101 Å². The molecule has 0 unspecified atom stereocenters. The van der Waals surface area contributed by atoms with E-state index in [4.69, 9.17) is 0 Å². The van der Waals surface area contributed by atoms with Crippen LogP contribution in [0.4, 0.5) is 13.2 Å². The number of alkyl halides is 3. The fourth-order valence-electron chi connectivity index (χ4n) is 0.996. The average molecular weight is 305 g/mol. The van der Waals surface area contributed by atoms with Crippen molar-refractivity contribution in [2.24, 2.45) is 0 Å². The van der Waals surface area contributed by atoms with Gasteiger partial charge in [-0.05, 0) is 17.7 Å².